The van der Waals surface area contributed by atoms with Crippen molar-refractivity contribution in [1.29, 1.82) is 0 Å². The van der Waals surface area contributed by atoms with E-state index in [1.165, 1.54) is 35.4 Å². The van der Waals surface area contributed by atoms with Gasteiger partial charge in [0.1, 0.15) is 24.3 Å². The zero-order valence-electron chi connectivity index (χ0n) is 19.8. The van der Waals surface area contributed by atoms with Crippen molar-refractivity contribution in [3.05, 3.63) is 59.2 Å². The van der Waals surface area contributed by atoms with Crippen LogP contribution in [-0.2, 0) is 6.18 Å². The van der Waals surface area contributed by atoms with E-state index in [1.807, 2.05) is 4.90 Å². The van der Waals surface area contributed by atoms with Crippen molar-refractivity contribution in [2.45, 2.75) is 24.7 Å². The average molecular weight is 550 g/mol. The number of urea groups is 1. The summed E-state index contributed by atoms with van der Waals surface area (Å²) in [4.78, 5) is 25.7. The number of aromatic nitrogens is 2. The number of carbonyl (C=O) groups is 1. The molecule has 9 nitrogen and oxygen atoms in total. The van der Waals surface area contributed by atoms with Crippen LogP contribution in [0.2, 0.25) is 5.02 Å². The first-order valence-electron chi connectivity index (χ1n) is 11.7. The largest absolute Gasteiger partial charge is 0.491 e. The predicted molar refractivity (Wildman–Crippen MR) is 135 cm³/mol. The van der Waals surface area contributed by atoms with Gasteiger partial charge < -0.3 is 19.8 Å². The Balaban J connectivity index is 1.46. The average Bonchev–Trinajstić information content (AvgIpc) is 3.31. The van der Waals surface area contributed by atoms with Crippen LogP contribution in [0.5, 0.6) is 5.75 Å². The minimum Gasteiger partial charge on any atom is -0.491 e. The molecule has 0 aliphatic carbocycles. The number of halogens is 4. The first kappa shape index (κ1) is 26.0. The third-order valence-electron chi connectivity index (χ3n) is 6.34. The van der Waals surface area contributed by atoms with E-state index in [0.29, 0.717) is 30.9 Å². The van der Waals surface area contributed by atoms with Crippen LogP contribution in [0.15, 0.2) is 48.7 Å². The molecule has 200 valence electrons. The third-order valence-corrected chi connectivity index (χ3v) is 6.62. The number of benzene rings is 1. The second-order valence-corrected chi connectivity index (χ2v) is 9.36. The van der Waals surface area contributed by atoms with Crippen molar-refractivity contribution in [3.8, 4) is 17.0 Å². The van der Waals surface area contributed by atoms with Gasteiger partial charge in [0.25, 0.3) is 0 Å². The molecule has 38 heavy (non-hydrogen) atoms. The number of alkyl halides is 3. The Hall–Kier alpha value is -3.61. The molecule has 1 aromatic carbocycles. The predicted octanol–water partition coefficient (Wildman–Crippen LogP) is 4.18. The van der Waals surface area contributed by atoms with Crippen molar-refractivity contribution < 1.29 is 32.9 Å². The standard InChI is InChI=1S/C25H23ClF3N5O4/c26-19-10-20-23(32-22(19)14-2-1-3-15(8-14)25(27,28)29)34(16-5-7-33(20)11-16)24(37)31-21-9-18(4-6-30-21)38-13-17(36)12-35/h1-4,6,8-10,16-17,35-36H,5,7,11-13H2,(H,30,31,37)/t16-,17-/m0/s1. The number of hydrogen-bond acceptors (Lipinski definition) is 7. The van der Waals surface area contributed by atoms with Crippen molar-refractivity contribution >= 4 is 35.0 Å². The van der Waals surface area contributed by atoms with E-state index in [1.54, 1.807) is 6.07 Å². The van der Waals surface area contributed by atoms with E-state index < -0.39 is 30.5 Å². The lowest BCUT2D eigenvalue weighted by molar-refractivity contribution is -0.137. The Bertz CT molecular complexity index is 1360. The molecule has 1 saturated heterocycles. The second kappa shape index (κ2) is 10.3. The maximum Gasteiger partial charge on any atom is 0.416 e. The molecule has 2 aromatic heterocycles. The van der Waals surface area contributed by atoms with E-state index in [4.69, 9.17) is 21.4 Å². The molecule has 2 aliphatic heterocycles. The van der Waals surface area contributed by atoms with Crippen LogP contribution in [0.4, 0.5) is 35.3 Å². The van der Waals surface area contributed by atoms with Gasteiger partial charge in [-0.1, -0.05) is 23.7 Å². The fourth-order valence-electron chi connectivity index (χ4n) is 4.52. The van der Waals surface area contributed by atoms with Crippen LogP contribution in [0.1, 0.15) is 12.0 Å². The highest BCUT2D eigenvalue weighted by Crippen LogP contribution is 2.43. The van der Waals surface area contributed by atoms with Crippen LogP contribution in [0.3, 0.4) is 0 Å². The van der Waals surface area contributed by atoms with Gasteiger partial charge in [-0.2, -0.15) is 13.2 Å². The van der Waals surface area contributed by atoms with Gasteiger partial charge in [0.2, 0.25) is 0 Å². The number of ether oxygens (including phenoxy) is 1. The number of rotatable bonds is 6. The number of anilines is 3. The maximum atomic E-state index is 13.5. The van der Waals surface area contributed by atoms with Crippen LogP contribution >= 0.6 is 11.6 Å². The molecule has 4 heterocycles. The van der Waals surface area contributed by atoms with E-state index in [2.05, 4.69) is 15.3 Å². The normalized spacial score (nSPS) is 17.3. The fourth-order valence-corrected chi connectivity index (χ4v) is 4.77. The molecule has 0 unspecified atom stereocenters. The van der Waals surface area contributed by atoms with E-state index in [-0.39, 0.29) is 40.6 Å². The lowest BCUT2D eigenvalue weighted by Crippen LogP contribution is -2.48. The van der Waals surface area contributed by atoms with Gasteiger partial charge in [0.05, 0.1) is 34.6 Å². The smallest absolute Gasteiger partial charge is 0.416 e. The summed E-state index contributed by atoms with van der Waals surface area (Å²) < 4.78 is 45.4. The van der Waals surface area contributed by atoms with Crippen LogP contribution in [-0.4, -0.2) is 64.7 Å². The minimum absolute atomic E-state index is 0.132. The summed E-state index contributed by atoms with van der Waals surface area (Å²) in [6, 6.07) is 8.61. The molecule has 1 fully saturated rings. The number of pyridine rings is 2. The quantitative estimate of drug-likeness (QED) is 0.423. The molecule has 0 radical (unpaired) electrons. The number of amides is 2. The topological polar surface area (TPSA) is 111 Å². The Morgan fingerprint density at radius 1 is 1.26 bits per heavy atom. The zero-order valence-corrected chi connectivity index (χ0v) is 20.6. The maximum absolute atomic E-state index is 13.5. The molecule has 2 amide bonds. The molecular formula is C25H23ClF3N5O4. The van der Waals surface area contributed by atoms with Gasteiger partial charge in [-0.05, 0) is 30.7 Å². The van der Waals surface area contributed by atoms with Gasteiger partial charge in [0.15, 0.2) is 5.82 Å². The van der Waals surface area contributed by atoms with Gasteiger partial charge in [-0.15, -0.1) is 0 Å². The Morgan fingerprint density at radius 2 is 2.08 bits per heavy atom. The molecule has 3 aromatic rings. The van der Waals surface area contributed by atoms with Gasteiger partial charge in [-0.3, -0.25) is 10.2 Å². The van der Waals surface area contributed by atoms with Crippen molar-refractivity contribution in [2.24, 2.45) is 0 Å². The monoisotopic (exact) mass is 549 g/mol. The number of aliphatic hydroxyl groups is 2. The lowest BCUT2D eigenvalue weighted by Gasteiger charge is -2.36. The fraction of sp³-hybridized carbons (Fsp3) is 0.320. The number of hydrogen-bond donors (Lipinski definition) is 3. The summed E-state index contributed by atoms with van der Waals surface area (Å²) >= 11 is 6.49. The van der Waals surface area contributed by atoms with Gasteiger partial charge in [0, 0.05) is 30.9 Å². The molecule has 2 aliphatic rings. The van der Waals surface area contributed by atoms with Crippen molar-refractivity contribution in [2.75, 3.05) is 41.4 Å². The summed E-state index contributed by atoms with van der Waals surface area (Å²) in [6.45, 7) is 0.614. The summed E-state index contributed by atoms with van der Waals surface area (Å²) in [5.41, 5.74) is 0.0895. The Labute approximate surface area is 220 Å². The highest BCUT2D eigenvalue weighted by atomic mass is 35.5. The number of aliphatic hydroxyl groups excluding tert-OH is 2. The molecule has 2 atom stereocenters. The first-order valence-corrected chi connectivity index (χ1v) is 12.1. The summed E-state index contributed by atoms with van der Waals surface area (Å²) in [5.74, 6) is 0.789. The van der Waals surface area contributed by atoms with E-state index >= 15 is 0 Å². The molecular weight excluding hydrogens is 527 g/mol. The van der Waals surface area contributed by atoms with Gasteiger partial charge >= 0.3 is 12.2 Å². The van der Waals surface area contributed by atoms with Crippen molar-refractivity contribution in [1.82, 2.24) is 9.97 Å². The SMILES string of the molecule is O=C(Nc1cc(OC[C@@H](O)CO)ccn1)N1c2nc(-c3cccc(C(F)(F)F)c3)c(Cl)cc2N2CC[C@H]1C2. The summed E-state index contributed by atoms with van der Waals surface area (Å²) in [5, 5.41) is 21.3. The molecule has 13 heteroatoms. The summed E-state index contributed by atoms with van der Waals surface area (Å²) in [7, 11) is 0. The number of carbonyl (C=O) groups excluding carboxylic acids is 1. The van der Waals surface area contributed by atoms with Crippen molar-refractivity contribution in [3.63, 3.8) is 0 Å². The first-order chi connectivity index (χ1) is 18.1. The number of fused-ring (bicyclic) bond motifs is 4. The van der Waals surface area contributed by atoms with E-state index in [9.17, 15) is 23.1 Å². The van der Waals surface area contributed by atoms with Crippen LogP contribution in [0.25, 0.3) is 11.3 Å². The zero-order chi connectivity index (χ0) is 27.0. The third kappa shape index (κ3) is 5.19. The summed E-state index contributed by atoms with van der Waals surface area (Å²) in [6.07, 6.45) is -3.51. The molecule has 0 saturated carbocycles. The highest BCUT2D eigenvalue weighted by Gasteiger charge is 2.41. The second-order valence-electron chi connectivity index (χ2n) is 8.95. The van der Waals surface area contributed by atoms with Gasteiger partial charge in [-0.25, -0.2) is 14.8 Å². The van der Waals surface area contributed by atoms with E-state index in [0.717, 1.165) is 12.1 Å². The Morgan fingerprint density at radius 3 is 2.84 bits per heavy atom. The molecule has 0 spiro atoms. The lowest BCUT2D eigenvalue weighted by atomic mass is 10.1. The number of nitrogens with zero attached hydrogens (tertiary/aromatic N) is 4. The molecule has 3 N–H and O–H groups in total. The van der Waals surface area contributed by atoms with Crippen LogP contribution in [0, 0.1) is 0 Å². The highest BCUT2D eigenvalue weighted by molar-refractivity contribution is 6.33. The minimum atomic E-state index is -4.53. The Kier molecular flexibility index (Phi) is 7.03. The molecule has 2 bridgehead atoms. The van der Waals surface area contributed by atoms with Crippen LogP contribution < -0.4 is 19.9 Å². The molecule has 5 rings (SSSR count). The number of nitrogens with one attached hydrogen (secondary N) is 1.